The van der Waals surface area contributed by atoms with Crippen LogP contribution in [0.15, 0.2) is 24.3 Å². The van der Waals surface area contributed by atoms with E-state index in [0.29, 0.717) is 5.56 Å². The van der Waals surface area contributed by atoms with Gasteiger partial charge in [-0.25, -0.2) is 5.14 Å². The topological polar surface area (TPSA) is 63.4 Å². The third-order valence-corrected chi connectivity index (χ3v) is 3.73. The molecular formula is C11H15F3N2O2S. The summed E-state index contributed by atoms with van der Waals surface area (Å²) in [5.74, 6) is 0. The van der Waals surface area contributed by atoms with Crippen LogP contribution in [-0.2, 0) is 22.9 Å². The highest BCUT2D eigenvalue weighted by molar-refractivity contribution is 7.86. The van der Waals surface area contributed by atoms with Gasteiger partial charge in [-0.05, 0) is 31.5 Å². The molecule has 8 heteroatoms. The van der Waals surface area contributed by atoms with Gasteiger partial charge in [0, 0.05) is 12.6 Å². The van der Waals surface area contributed by atoms with Crippen LogP contribution in [0.2, 0.25) is 0 Å². The van der Waals surface area contributed by atoms with Crippen molar-refractivity contribution in [3.8, 4) is 0 Å². The molecule has 2 N–H and O–H groups in total. The summed E-state index contributed by atoms with van der Waals surface area (Å²) in [4.78, 5) is 0. The molecule has 108 valence electrons. The number of hydrogen-bond donors (Lipinski definition) is 1. The number of rotatable bonds is 4. The SMILES string of the molecule is CC(C)N(Cc1ccc(C(F)(F)F)cc1)S(N)(=O)=O. The lowest BCUT2D eigenvalue weighted by Gasteiger charge is -2.23. The second-order valence-corrected chi connectivity index (χ2v) is 5.88. The van der Waals surface area contributed by atoms with Crippen LogP contribution >= 0.6 is 0 Å². The largest absolute Gasteiger partial charge is 0.416 e. The van der Waals surface area contributed by atoms with E-state index < -0.39 is 21.9 Å². The Kier molecular flexibility index (Phi) is 4.59. The van der Waals surface area contributed by atoms with E-state index >= 15 is 0 Å². The molecule has 0 atom stereocenters. The molecule has 0 aliphatic carbocycles. The average molecular weight is 296 g/mol. The summed E-state index contributed by atoms with van der Waals surface area (Å²) in [5, 5.41) is 5.05. The Hall–Kier alpha value is -1.12. The molecule has 0 saturated carbocycles. The van der Waals surface area contributed by atoms with Crippen LogP contribution in [0.4, 0.5) is 13.2 Å². The highest BCUT2D eigenvalue weighted by Crippen LogP contribution is 2.29. The van der Waals surface area contributed by atoms with E-state index in [4.69, 9.17) is 5.14 Å². The van der Waals surface area contributed by atoms with Gasteiger partial charge in [0.25, 0.3) is 10.2 Å². The molecular weight excluding hydrogens is 281 g/mol. The van der Waals surface area contributed by atoms with E-state index in [1.54, 1.807) is 13.8 Å². The van der Waals surface area contributed by atoms with Crippen molar-refractivity contribution in [2.24, 2.45) is 5.14 Å². The van der Waals surface area contributed by atoms with E-state index in [-0.39, 0.29) is 12.6 Å². The van der Waals surface area contributed by atoms with E-state index in [9.17, 15) is 21.6 Å². The van der Waals surface area contributed by atoms with E-state index in [2.05, 4.69) is 0 Å². The minimum atomic E-state index is -4.41. The molecule has 1 rings (SSSR count). The summed E-state index contributed by atoms with van der Waals surface area (Å²) >= 11 is 0. The molecule has 0 spiro atoms. The zero-order valence-electron chi connectivity index (χ0n) is 10.5. The molecule has 0 radical (unpaired) electrons. The van der Waals surface area contributed by atoms with E-state index in [1.807, 2.05) is 0 Å². The molecule has 4 nitrogen and oxygen atoms in total. The monoisotopic (exact) mass is 296 g/mol. The fraction of sp³-hybridized carbons (Fsp3) is 0.455. The van der Waals surface area contributed by atoms with Gasteiger partial charge in [-0.1, -0.05) is 12.1 Å². The number of alkyl halides is 3. The number of nitrogens with two attached hydrogens (primary N) is 1. The predicted octanol–water partition coefficient (Wildman–Crippen LogP) is 2.12. The Labute approximate surface area is 110 Å². The van der Waals surface area contributed by atoms with Crippen LogP contribution in [-0.4, -0.2) is 18.8 Å². The number of benzene rings is 1. The van der Waals surface area contributed by atoms with Gasteiger partial charge in [-0.15, -0.1) is 0 Å². The summed E-state index contributed by atoms with van der Waals surface area (Å²) in [6, 6.07) is 3.93. The van der Waals surface area contributed by atoms with Crippen molar-refractivity contribution in [3.63, 3.8) is 0 Å². The van der Waals surface area contributed by atoms with Crippen LogP contribution in [0.1, 0.15) is 25.0 Å². The third-order valence-electron chi connectivity index (χ3n) is 2.52. The Bertz CT molecular complexity index is 524. The average Bonchev–Trinajstić information content (AvgIpc) is 2.23. The summed E-state index contributed by atoms with van der Waals surface area (Å²) in [6.45, 7) is 3.21. The normalized spacial score (nSPS) is 13.3. The Morgan fingerprint density at radius 1 is 1.21 bits per heavy atom. The van der Waals surface area contributed by atoms with Crippen molar-refractivity contribution in [1.82, 2.24) is 4.31 Å². The van der Waals surface area contributed by atoms with E-state index in [0.717, 1.165) is 16.4 Å². The standard InChI is InChI=1S/C11H15F3N2O2S/c1-8(2)16(19(15,17)18)7-9-3-5-10(6-4-9)11(12,13)14/h3-6,8H,7H2,1-2H3,(H2,15,17,18). The third kappa shape index (κ3) is 4.48. The summed E-state index contributed by atoms with van der Waals surface area (Å²) in [5.41, 5.74) is -0.335. The Balaban J connectivity index is 2.94. The summed E-state index contributed by atoms with van der Waals surface area (Å²) < 4.78 is 60.8. The summed E-state index contributed by atoms with van der Waals surface area (Å²) in [7, 11) is -3.89. The highest BCUT2D eigenvalue weighted by atomic mass is 32.2. The first-order valence-electron chi connectivity index (χ1n) is 5.47. The Morgan fingerprint density at radius 2 is 1.68 bits per heavy atom. The fourth-order valence-electron chi connectivity index (χ4n) is 1.55. The number of nitrogens with zero attached hydrogens (tertiary/aromatic N) is 1. The maximum Gasteiger partial charge on any atom is 0.416 e. The lowest BCUT2D eigenvalue weighted by atomic mass is 10.1. The van der Waals surface area contributed by atoms with Crippen LogP contribution in [0.5, 0.6) is 0 Å². The van der Waals surface area contributed by atoms with Crippen molar-refractivity contribution in [1.29, 1.82) is 0 Å². The molecule has 19 heavy (non-hydrogen) atoms. The quantitative estimate of drug-likeness (QED) is 0.925. The molecule has 1 aromatic carbocycles. The fourth-order valence-corrected chi connectivity index (χ4v) is 2.46. The molecule has 0 amide bonds. The second-order valence-electron chi connectivity index (χ2n) is 4.38. The molecule has 0 heterocycles. The van der Waals surface area contributed by atoms with Gasteiger partial charge in [-0.2, -0.15) is 25.9 Å². The molecule has 0 unspecified atom stereocenters. The molecule has 0 aromatic heterocycles. The minimum absolute atomic E-state index is 0.0609. The molecule has 0 fully saturated rings. The van der Waals surface area contributed by atoms with Crippen molar-refractivity contribution in [3.05, 3.63) is 35.4 Å². The first-order valence-corrected chi connectivity index (χ1v) is 6.98. The molecule has 0 aliphatic heterocycles. The van der Waals surface area contributed by atoms with Crippen molar-refractivity contribution in [2.75, 3.05) is 0 Å². The molecule has 0 aliphatic rings. The van der Waals surface area contributed by atoms with Crippen LogP contribution in [0.3, 0.4) is 0 Å². The number of hydrogen-bond acceptors (Lipinski definition) is 2. The highest BCUT2D eigenvalue weighted by Gasteiger charge is 2.30. The Morgan fingerprint density at radius 3 is 2.00 bits per heavy atom. The maximum atomic E-state index is 12.4. The molecule has 0 bridgehead atoms. The van der Waals surface area contributed by atoms with Gasteiger partial charge in [-0.3, -0.25) is 0 Å². The second kappa shape index (κ2) is 5.48. The van der Waals surface area contributed by atoms with Crippen LogP contribution in [0, 0.1) is 0 Å². The van der Waals surface area contributed by atoms with Crippen molar-refractivity contribution in [2.45, 2.75) is 32.6 Å². The predicted molar refractivity (Wildman–Crippen MR) is 65.2 cm³/mol. The summed E-state index contributed by atoms with van der Waals surface area (Å²) in [6.07, 6.45) is -4.41. The lowest BCUT2D eigenvalue weighted by molar-refractivity contribution is -0.137. The molecule has 1 aromatic rings. The minimum Gasteiger partial charge on any atom is -0.216 e. The van der Waals surface area contributed by atoms with Crippen molar-refractivity contribution < 1.29 is 21.6 Å². The van der Waals surface area contributed by atoms with E-state index in [1.165, 1.54) is 12.1 Å². The van der Waals surface area contributed by atoms with Gasteiger partial charge in [0.15, 0.2) is 0 Å². The van der Waals surface area contributed by atoms with Gasteiger partial charge in [0.1, 0.15) is 0 Å². The van der Waals surface area contributed by atoms with Gasteiger partial charge in [0.2, 0.25) is 0 Å². The first kappa shape index (κ1) is 15.9. The van der Waals surface area contributed by atoms with Crippen molar-refractivity contribution >= 4 is 10.2 Å². The van der Waals surface area contributed by atoms with Gasteiger partial charge >= 0.3 is 6.18 Å². The van der Waals surface area contributed by atoms with Gasteiger partial charge < -0.3 is 0 Å². The lowest BCUT2D eigenvalue weighted by Crippen LogP contribution is -2.40. The van der Waals surface area contributed by atoms with Crippen LogP contribution in [0.25, 0.3) is 0 Å². The smallest absolute Gasteiger partial charge is 0.216 e. The first-order chi connectivity index (χ1) is 8.51. The van der Waals surface area contributed by atoms with Gasteiger partial charge in [0.05, 0.1) is 5.56 Å². The zero-order valence-corrected chi connectivity index (χ0v) is 11.3. The molecule has 0 saturated heterocycles. The number of halogens is 3. The van der Waals surface area contributed by atoms with Crippen LogP contribution < -0.4 is 5.14 Å². The zero-order chi connectivity index (χ0) is 14.8. The maximum absolute atomic E-state index is 12.4.